The maximum absolute atomic E-state index is 12.8. The minimum atomic E-state index is -0.771. The van der Waals surface area contributed by atoms with Crippen LogP contribution < -0.4 is 0 Å². The minimum absolute atomic E-state index is 0.0701. The molecule has 63 heavy (non-hydrogen) atoms. The molecule has 0 aliphatic carbocycles. The van der Waals surface area contributed by atoms with E-state index in [4.69, 9.17) is 14.2 Å². The number of ether oxygens (including phenoxy) is 3. The van der Waals surface area contributed by atoms with Gasteiger partial charge in [0, 0.05) is 19.3 Å². The second-order valence-electron chi connectivity index (χ2n) is 18.8. The molecule has 6 nitrogen and oxygen atoms in total. The Morgan fingerprint density at radius 2 is 0.524 bits per heavy atom. The van der Waals surface area contributed by atoms with Gasteiger partial charge in [-0.25, -0.2) is 0 Å². The van der Waals surface area contributed by atoms with Crippen LogP contribution in [0.3, 0.4) is 0 Å². The lowest BCUT2D eigenvalue weighted by Crippen LogP contribution is -2.30. The van der Waals surface area contributed by atoms with E-state index in [9.17, 15) is 14.4 Å². The normalized spacial score (nSPS) is 12.1. The van der Waals surface area contributed by atoms with E-state index < -0.39 is 6.10 Å². The van der Waals surface area contributed by atoms with Gasteiger partial charge in [0.05, 0.1) is 0 Å². The van der Waals surface area contributed by atoms with Crippen molar-refractivity contribution >= 4 is 17.9 Å². The highest BCUT2D eigenvalue weighted by Gasteiger charge is 2.19. The Bertz CT molecular complexity index is 1020. The molecule has 0 heterocycles. The van der Waals surface area contributed by atoms with Crippen LogP contribution in [-0.4, -0.2) is 37.2 Å². The van der Waals surface area contributed by atoms with Crippen molar-refractivity contribution in [1.29, 1.82) is 0 Å². The average Bonchev–Trinajstić information content (AvgIpc) is 3.28. The Morgan fingerprint density at radius 3 is 0.810 bits per heavy atom. The van der Waals surface area contributed by atoms with Crippen LogP contribution in [0.2, 0.25) is 0 Å². The van der Waals surface area contributed by atoms with Gasteiger partial charge in [0.2, 0.25) is 0 Å². The Balaban J connectivity index is 4.35. The van der Waals surface area contributed by atoms with Gasteiger partial charge < -0.3 is 14.2 Å². The number of unbranched alkanes of at least 4 members (excludes halogenated alkanes) is 36. The SMILES string of the molecule is CCCCCC/C=C\CCCCCCCCCC(=O)OCC(COC(=O)CCCCCCCCCCCCCCCCC)OC(=O)CCCCCCCCC/C=C\CCCCCC. The summed E-state index contributed by atoms with van der Waals surface area (Å²) >= 11 is 0. The van der Waals surface area contributed by atoms with Crippen LogP contribution in [0.1, 0.15) is 303 Å². The van der Waals surface area contributed by atoms with E-state index in [-0.39, 0.29) is 31.1 Å². The first-order valence-electron chi connectivity index (χ1n) is 27.8. The van der Waals surface area contributed by atoms with Crippen LogP contribution in [0.4, 0.5) is 0 Å². The summed E-state index contributed by atoms with van der Waals surface area (Å²) in [7, 11) is 0. The zero-order valence-corrected chi connectivity index (χ0v) is 42.4. The van der Waals surface area contributed by atoms with E-state index in [1.165, 1.54) is 205 Å². The lowest BCUT2D eigenvalue weighted by molar-refractivity contribution is -0.167. The Morgan fingerprint density at radius 1 is 0.302 bits per heavy atom. The second-order valence-corrected chi connectivity index (χ2v) is 18.8. The largest absolute Gasteiger partial charge is 0.462 e. The predicted octanol–water partition coefficient (Wildman–Crippen LogP) is 18.3. The van der Waals surface area contributed by atoms with Crippen LogP contribution in [-0.2, 0) is 28.6 Å². The van der Waals surface area contributed by atoms with Crippen molar-refractivity contribution in [3.63, 3.8) is 0 Å². The molecule has 0 amide bonds. The first kappa shape index (κ1) is 60.9. The van der Waals surface area contributed by atoms with Crippen LogP contribution >= 0.6 is 0 Å². The summed E-state index contributed by atoms with van der Waals surface area (Å²) in [6.45, 7) is 6.65. The molecule has 0 aromatic carbocycles. The molecule has 0 bridgehead atoms. The maximum Gasteiger partial charge on any atom is 0.306 e. The highest BCUT2D eigenvalue weighted by Crippen LogP contribution is 2.16. The van der Waals surface area contributed by atoms with Crippen molar-refractivity contribution in [3.05, 3.63) is 24.3 Å². The Kier molecular flexibility index (Phi) is 50.8. The smallest absolute Gasteiger partial charge is 0.306 e. The summed E-state index contributed by atoms with van der Waals surface area (Å²) in [6, 6.07) is 0. The summed E-state index contributed by atoms with van der Waals surface area (Å²) in [5.74, 6) is -0.862. The molecule has 1 unspecified atom stereocenters. The molecule has 0 saturated heterocycles. The van der Waals surface area contributed by atoms with Gasteiger partial charge in [-0.1, -0.05) is 238 Å². The predicted molar refractivity (Wildman–Crippen MR) is 270 cm³/mol. The third kappa shape index (κ3) is 50.7. The summed E-state index contributed by atoms with van der Waals surface area (Å²) in [4.78, 5) is 38.1. The number of allylic oxidation sites excluding steroid dienone is 4. The van der Waals surface area contributed by atoms with Crippen LogP contribution in [0.25, 0.3) is 0 Å². The molecular weight excluding hydrogens is 781 g/mol. The fourth-order valence-corrected chi connectivity index (χ4v) is 8.20. The third-order valence-electron chi connectivity index (χ3n) is 12.4. The van der Waals surface area contributed by atoms with Gasteiger partial charge in [0.15, 0.2) is 6.10 Å². The van der Waals surface area contributed by atoms with Crippen molar-refractivity contribution in [3.8, 4) is 0 Å². The van der Waals surface area contributed by atoms with E-state index in [2.05, 4.69) is 45.1 Å². The van der Waals surface area contributed by atoms with Crippen LogP contribution in [0.5, 0.6) is 0 Å². The van der Waals surface area contributed by atoms with Gasteiger partial charge in [0.25, 0.3) is 0 Å². The maximum atomic E-state index is 12.8. The molecule has 0 rings (SSSR count). The number of hydrogen-bond acceptors (Lipinski definition) is 6. The molecule has 0 saturated carbocycles. The number of carbonyl (C=O) groups excluding carboxylic acids is 3. The molecule has 370 valence electrons. The summed E-state index contributed by atoms with van der Waals surface area (Å²) in [6.07, 6.45) is 60.1. The van der Waals surface area contributed by atoms with Crippen LogP contribution in [0.15, 0.2) is 24.3 Å². The molecule has 0 fully saturated rings. The fraction of sp³-hybridized carbons (Fsp3) is 0.877. The number of esters is 3. The van der Waals surface area contributed by atoms with Gasteiger partial charge in [-0.2, -0.15) is 0 Å². The molecule has 0 radical (unpaired) electrons. The van der Waals surface area contributed by atoms with Crippen molar-refractivity contribution in [2.24, 2.45) is 0 Å². The van der Waals surface area contributed by atoms with Crippen LogP contribution in [0, 0.1) is 0 Å². The van der Waals surface area contributed by atoms with Gasteiger partial charge in [-0.15, -0.1) is 0 Å². The molecule has 0 aromatic heterocycles. The third-order valence-corrected chi connectivity index (χ3v) is 12.4. The molecule has 6 heteroatoms. The van der Waals surface area contributed by atoms with Gasteiger partial charge in [-0.05, 0) is 70.6 Å². The van der Waals surface area contributed by atoms with E-state index in [1.807, 2.05) is 0 Å². The summed E-state index contributed by atoms with van der Waals surface area (Å²) in [5, 5.41) is 0. The Hall–Kier alpha value is -2.11. The first-order valence-corrected chi connectivity index (χ1v) is 27.8. The van der Waals surface area contributed by atoms with Crippen molar-refractivity contribution in [1.82, 2.24) is 0 Å². The van der Waals surface area contributed by atoms with E-state index >= 15 is 0 Å². The molecule has 0 aromatic rings. The summed E-state index contributed by atoms with van der Waals surface area (Å²) in [5.41, 5.74) is 0. The molecule has 0 spiro atoms. The monoisotopic (exact) mass is 887 g/mol. The lowest BCUT2D eigenvalue weighted by atomic mass is 10.0. The zero-order chi connectivity index (χ0) is 45.8. The first-order chi connectivity index (χ1) is 31.0. The number of rotatable bonds is 51. The van der Waals surface area contributed by atoms with Gasteiger partial charge in [-0.3, -0.25) is 14.4 Å². The number of hydrogen-bond donors (Lipinski definition) is 0. The fourth-order valence-electron chi connectivity index (χ4n) is 8.20. The van der Waals surface area contributed by atoms with Gasteiger partial charge in [0.1, 0.15) is 13.2 Å². The summed E-state index contributed by atoms with van der Waals surface area (Å²) < 4.78 is 16.9. The highest BCUT2D eigenvalue weighted by atomic mass is 16.6. The lowest BCUT2D eigenvalue weighted by Gasteiger charge is -2.18. The number of carbonyl (C=O) groups is 3. The second kappa shape index (κ2) is 52.5. The molecule has 0 aliphatic heterocycles. The average molecular weight is 887 g/mol. The van der Waals surface area contributed by atoms with E-state index in [1.54, 1.807) is 0 Å². The molecular formula is C57H106O6. The molecule has 0 aliphatic rings. The topological polar surface area (TPSA) is 78.9 Å². The van der Waals surface area contributed by atoms with Crippen molar-refractivity contribution in [2.75, 3.05) is 13.2 Å². The standard InChI is InChI=1S/C57H106O6/c1-4-7-10-13-16-19-22-25-28-31-34-37-40-43-46-49-55(58)61-52-54(63-57(60)51-48-45-42-39-36-33-30-27-24-21-18-15-12-9-6-3)53-62-56(59)50-47-44-41-38-35-32-29-26-23-20-17-14-11-8-5-2/h19,21-22,24,54H,4-18,20,23,25-53H2,1-3H3/b22-19-,24-21-. The minimum Gasteiger partial charge on any atom is -0.462 e. The Labute approximate surface area is 392 Å². The highest BCUT2D eigenvalue weighted by molar-refractivity contribution is 5.71. The van der Waals surface area contributed by atoms with Crippen molar-refractivity contribution < 1.29 is 28.6 Å². The molecule has 1 atom stereocenters. The van der Waals surface area contributed by atoms with Crippen molar-refractivity contribution in [2.45, 2.75) is 309 Å². The zero-order valence-electron chi connectivity index (χ0n) is 42.4. The van der Waals surface area contributed by atoms with E-state index in [0.29, 0.717) is 19.3 Å². The quantitative estimate of drug-likeness (QED) is 0.0262. The van der Waals surface area contributed by atoms with E-state index in [0.717, 1.165) is 57.8 Å². The molecule has 0 N–H and O–H groups in total. The van der Waals surface area contributed by atoms with Gasteiger partial charge >= 0.3 is 17.9 Å².